The number of fused-ring (bicyclic) bond motifs is 6. The van der Waals surface area contributed by atoms with Gasteiger partial charge in [0.15, 0.2) is 0 Å². The van der Waals surface area contributed by atoms with Crippen molar-refractivity contribution in [1.82, 2.24) is 9.97 Å². The number of amides is 1. The molecule has 10 nitrogen and oxygen atoms in total. The van der Waals surface area contributed by atoms with Crippen LogP contribution in [0.3, 0.4) is 0 Å². The average molecular weight is 496 g/mol. The summed E-state index contributed by atoms with van der Waals surface area (Å²) in [7, 11) is -3.34. The number of hydrogen-bond acceptors (Lipinski definition) is 8. The van der Waals surface area contributed by atoms with Gasteiger partial charge < -0.3 is 15.5 Å². The maximum absolute atomic E-state index is 13.4. The van der Waals surface area contributed by atoms with Gasteiger partial charge in [-0.15, -0.1) is 0 Å². The zero-order chi connectivity index (χ0) is 24.4. The van der Waals surface area contributed by atoms with Crippen LogP contribution >= 0.6 is 0 Å². The van der Waals surface area contributed by atoms with Crippen molar-refractivity contribution in [2.24, 2.45) is 5.92 Å². The number of sulfonamides is 1. The first-order chi connectivity index (χ1) is 16.9. The van der Waals surface area contributed by atoms with E-state index in [4.69, 9.17) is 0 Å². The fourth-order valence-corrected chi connectivity index (χ4v) is 6.72. The highest BCUT2D eigenvalue weighted by Crippen LogP contribution is 2.34. The quantitative estimate of drug-likeness (QED) is 0.617. The smallest absolute Gasteiger partial charge is 0.258 e. The van der Waals surface area contributed by atoms with Crippen molar-refractivity contribution >= 4 is 39.1 Å². The summed E-state index contributed by atoms with van der Waals surface area (Å²) in [5.41, 5.74) is 1.94. The molecule has 0 aliphatic carbocycles. The Morgan fingerprint density at radius 3 is 2.71 bits per heavy atom. The Morgan fingerprint density at radius 2 is 1.91 bits per heavy atom. The molecule has 2 N–H and O–H groups in total. The van der Waals surface area contributed by atoms with Gasteiger partial charge >= 0.3 is 0 Å². The van der Waals surface area contributed by atoms with Crippen LogP contribution in [0.25, 0.3) is 0 Å². The van der Waals surface area contributed by atoms with E-state index < -0.39 is 10.0 Å². The van der Waals surface area contributed by atoms with E-state index in [0.29, 0.717) is 42.6 Å². The number of nitriles is 1. The molecule has 4 heterocycles. The average Bonchev–Trinajstić information content (AvgIpc) is 3.21. The topological polar surface area (TPSA) is 131 Å². The van der Waals surface area contributed by atoms with Crippen molar-refractivity contribution < 1.29 is 13.2 Å². The minimum atomic E-state index is -3.34. The summed E-state index contributed by atoms with van der Waals surface area (Å²) >= 11 is 0. The first kappa shape index (κ1) is 23.4. The van der Waals surface area contributed by atoms with Crippen LogP contribution in [0.4, 0.5) is 23.1 Å². The van der Waals surface area contributed by atoms with Crippen LogP contribution in [0, 0.1) is 17.2 Å². The fourth-order valence-electron chi connectivity index (χ4n) is 5.17. The molecule has 5 rings (SSSR count). The summed E-state index contributed by atoms with van der Waals surface area (Å²) in [6.07, 6.45) is 5.83. The highest BCUT2D eigenvalue weighted by molar-refractivity contribution is 7.93. The monoisotopic (exact) mass is 495 g/mol. The second-order valence-corrected chi connectivity index (χ2v) is 11.4. The number of rotatable bonds is 1. The standard InChI is InChI=1S/C24H29N7O3S/c25-15-18-13-22-28-23(32)20-8-7-19(31-11-4-12-35(31,33)34)14-21(20)30-10-3-6-17(16-30)5-1-2-9-26-24(27-18)29-22/h7-8,13-14,17H,1-6,9-12,16H2,(H2,26,27,28,29,32). The van der Waals surface area contributed by atoms with Gasteiger partial charge in [-0.2, -0.15) is 10.2 Å². The predicted octanol–water partition coefficient (Wildman–Crippen LogP) is 2.95. The van der Waals surface area contributed by atoms with Crippen LogP contribution in [0.1, 0.15) is 54.6 Å². The van der Waals surface area contributed by atoms with Gasteiger partial charge in [0.2, 0.25) is 16.0 Å². The van der Waals surface area contributed by atoms with Gasteiger partial charge in [-0.05, 0) is 56.2 Å². The zero-order valence-corrected chi connectivity index (χ0v) is 20.4. The third kappa shape index (κ3) is 5.03. The molecular formula is C24H29N7O3S. The molecule has 184 valence electrons. The van der Waals surface area contributed by atoms with Gasteiger partial charge in [0.25, 0.3) is 5.91 Å². The van der Waals surface area contributed by atoms with Crippen molar-refractivity contribution in [3.8, 4) is 6.07 Å². The van der Waals surface area contributed by atoms with Crippen LogP contribution in [0.15, 0.2) is 24.3 Å². The highest BCUT2D eigenvalue weighted by Gasteiger charge is 2.31. The molecule has 0 spiro atoms. The molecule has 4 bridgehead atoms. The van der Waals surface area contributed by atoms with Crippen molar-refractivity contribution in [2.45, 2.75) is 38.5 Å². The van der Waals surface area contributed by atoms with Gasteiger partial charge in [-0.25, -0.2) is 13.4 Å². The van der Waals surface area contributed by atoms with Crippen molar-refractivity contribution in [1.29, 1.82) is 5.26 Å². The SMILES string of the molecule is N#Cc1cc2nc(n1)NCCCCC1CCCN(C1)c1cc(N3CCCS3(=O)=O)ccc1C(=O)N2. The van der Waals surface area contributed by atoms with E-state index in [2.05, 4.69) is 25.5 Å². The van der Waals surface area contributed by atoms with Crippen LogP contribution in [0.2, 0.25) is 0 Å². The minimum Gasteiger partial charge on any atom is -0.371 e. The number of nitrogens with zero attached hydrogens (tertiary/aromatic N) is 5. The second-order valence-electron chi connectivity index (χ2n) is 9.35. The number of hydrogen-bond donors (Lipinski definition) is 2. The molecule has 35 heavy (non-hydrogen) atoms. The van der Waals surface area contributed by atoms with Crippen molar-refractivity contribution in [3.05, 3.63) is 35.5 Å². The predicted molar refractivity (Wildman–Crippen MR) is 134 cm³/mol. The number of aromatic nitrogens is 2. The first-order valence-corrected chi connectivity index (χ1v) is 13.8. The molecule has 0 saturated carbocycles. The Bertz CT molecular complexity index is 1270. The Morgan fingerprint density at radius 1 is 1.06 bits per heavy atom. The second kappa shape index (κ2) is 9.70. The van der Waals surface area contributed by atoms with Crippen molar-refractivity contribution in [2.75, 3.05) is 51.8 Å². The Labute approximate surface area is 205 Å². The Kier molecular flexibility index (Phi) is 6.47. The number of nitrogens with one attached hydrogen (secondary N) is 2. The van der Waals surface area contributed by atoms with Crippen LogP contribution in [0.5, 0.6) is 0 Å². The molecule has 3 aliphatic rings. The molecule has 1 unspecified atom stereocenters. The summed E-state index contributed by atoms with van der Waals surface area (Å²) in [5.74, 6) is 0.841. The molecule has 1 atom stereocenters. The summed E-state index contributed by atoms with van der Waals surface area (Å²) in [4.78, 5) is 24.2. The van der Waals surface area contributed by atoms with E-state index in [0.717, 1.165) is 50.9 Å². The maximum atomic E-state index is 13.4. The molecule has 2 saturated heterocycles. The summed E-state index contributed by atoms with van der Waals surface area (Å²) < 4.78 is 26.6. The molecular weight excluding hydrogens is 466 g/mol. The molecule has 2 aromatic rings. The van der Waals surface area contributed by atoms with E-state index in [-0.39, 0.29) is 23.2 Å². The Balaban J connectivity index is 1.56. The van der Waals surface area contributed by atoms with Crippen LogP contribution in [-0.2, 0) is 10.0 Å². The van der Waals surface area contributed by atoms with E-state index in [1.807, 2.05) is 12.1 Å². The molecule has 0 radical (unpaired) electrons. The van der Waals surface area contributed by atoms with E-state index in [1.165, 1.54) is 10.4 Å². The number of carbonyl (C=O) groups is 1. The van der Waals surface area contributed by atoms with Gasteiger partial charge in [0.1, 0.15) is 17.6 Å². The van der Waals surface area contributed by atoms with Crippen LogP contribution in [-0.4, -0.2) is 56.2 Å². The highest BCUT2D eigenvalue weighted by atomic mass is 32.2. The van der Waals surface area contributed by atoms with Gasteiger partial charge in [0.05, 0.1) is 22.7 Å². The number of anilines is 4. The molecule has 1 aromatic heterocycles. The van der Waals surface area contributed by atoms with Gasteiger partial charge in [-0.3, -0.25) is 9.10 Å². The lowest BCUT2D eigenvalue weighted by Crippen LogP contribution is -2.37. The number of carbonyl (C=O) groups excluding carboxylic acids is 1. The zero-order valence-electron chi connectivity index (χ0n) is 19.5. The number of benzene rings is 1. The van der Waals surface area contributed by atoms with E-state index in [1.54, 1.807) is 12.1 Å². The normalized spacial score (nSPS) is 22.1. The lowest BCUT2D eigenvalue weighted by molar-refractivity contribution is 0.102. The third-order valence-electron chi connectivity index (χ3n) is 6.88. The lowest BCUT2D eigenvalue weighted by atomic mass is 9.92. The molecule has 11 heteroatoms. The summed E-state index contributed by atoms with van der Waals surface area (Å²) in [5, 5.41) is 15.4. The van der Waals surface area contributed by atoms with E-state index >= 15 is 0 Å². The molecule has 1 amide bonds. The summed E-state index contributed by atoms with van der Waals surface area (Å²) in [6, 6.07) is 8.70. The van der Waals surface area contributed by atoms with Gasteiger partial charge in [0, 0.05) is 32.2 Å². The number of piperidine rings is 1. The first-order valence-electron chi connectivity index (χ1n) is 12.2. The third-order valence-corrected chi connectivity index (χ3v) is 8.75. The van der Waals surface area contributed by atoms with Crippen molar-refractivity contribution in [3.63, 3.8) is 0 Å². The maximum Gasteiger partial charge on any atom is 0.258 e. The molecule has 2 fully saturated rings. The Hall–Kier alpha value is -3.39. The fraction of sp³-hybridized carbons (Fsp3) is 0.500. The van der Waals surface area contributed by atoms with E-state index in [9.17, 15) is 18.5 Å². The lowest BCUT2D eigenvalue weighted by Gasteiger charge is -2.36. The minimum absolute atomic E-state index is 0.141. The van der Waals surface area contributed by atoms with Gasteiger partial charge in [-0.1, -0.05) is 6.42 Å². The summed E-state index contributed by atoms with van der Waals surface area (Å²) in [6.45, 7) is 2.77. The molecule has 1 aromatic carbocycles. The largest absolute Gasteiger partial charge is 0.371 e. The van der Waals surface area contributed by atoms with Crippen LogP contribution < -0.4 is 19.8 Å². The molecule has 3 aliphatic heterocycles.